The normalized spacial score (nSPS) is 11.3. The molecule has 32 heavy (non-hydrogen) atoms. The number of carbonyl (C=O) groups excluding carboxylic acids is 1. The van der Waals surface area contributed by atoms with Gasteiger partial charge in [-0.15, -0.1) is 0 Å². The monoisotopic (exact) mass is 556 g/mol. The smallest absolute Gasteiger partial charge is 0.238 e. The van der Waals surface area contributed by atoms with E-state index in [9.17, 15) is 13.2 Å². The number of ether oxygens (including phenoxy) is 1. The molecule has 10 heteroatoms. The molecule has 0 aliphatic carbocycles. The molecule has 0 aliphatic rings. The van der Waals surface area contributed by atoms with E-state index in [1.54, 1.807) is 24.3 Å². The zero-order chi connectivity index (χ0) is 23.6. The second kappa shape index (κ2) is 9.80. The minimum atomic E-state index is -3.84. The molecule has 1 amide bonds. The van der Waals surface area contributed by atoms with E-state index < -0.39 is 10.0 Å². The fraction of sp³-hybridized carbons (Fsp3) is 0.136. The summed E-state index contributed by atoms with van der Waals surface area (Å²) in [6.07, 6.45) is 0.679. The minimum absolute atomic E-state index is 0.0451. The first-order valence-corrected chi connectivity index (χ1v) is 12.5. The molecule has 0 unspecified atom stereocenters. The topological polar surface area (TPSA) is 89.7 Å². The second-order valence-corrected chi connectivity index (χ2v) is 10.1. The van der Waals surface area contributed by atoms with Crippen LogP contribution < -0.4 is 14.8 Å². The van der Waals surface area contributed by atoms with E-state index in [1.807, 2.05) is 13.0 Å². The standard InChI is InChI=1S/C22H19BrCl2N2O4S/c1-3-14-4-5-17(12-20(14)31-21-11-15(24)10-19(23)22(21)25)27(13(2)28)16-6-8-18(9-7-16)32(26,29)30/h4-12H,3H2,1-2H3,(H2,26,29,30). The second-order valence-electron chi connectivity index (χ2n) is 6.84. The van der Waals surface area contributed by atoms with Gasteiger partial charge in [0.1, 0.15) is 11.5 Å². The van der Waals surface area contributed by atoms with Crippen molar-refractivity contribution in [3.8, 4) is 11.5 Å². The summed E-state index contributed by atoms with van der Waals surface area (Å²) in [6, 6.07) is 14.4. The molecule has 0 atom stereocenters. The molecule has 0 bridgehead atoms. The van der Waals surface area contributed by atoms with Crippen molar-refractivity contribution in [1.29, 1.82) is 0 Å². The molecule has 0 fully saturated rings. The molecule has 0 aliphatic heterocycles. The SMILES string of the molecule is CCc1ccc(N(C(C)=O)c2ccc(S(N)(=O)=O)cc2)cc1Oc1cc(Cl)cc(Br)c1Cl. The number of primary sulfonamides is 1. The lowest BCUT2D eigenvalue weighted by molar-refractivity contribution is -0.115. The molecule has 6 nitrogen and oxygen atoms in total. The minimum Gasteiger partial charge on any atom is -0.455 e. The largest absolute Gasteiger partial charge is 0.455 e. The third kappa shape index (κ3) is 5.44. The molecule has 2 N–H and O–H groups in total. The van der Waals surface area contributed by atoms with Crippen LogP contribution in [0.15, 0.2) is 64.0 Å². The lowest BCUT2D eigenvalue weighted by atomic mass is 10.1. The molecule has 0 aromatic heterocycles. The van der Waals surface area contributed by atoms with E-state index in [2.05, 4.69) is 15.9 Å². The summed E-state index contributed by atoms with van der Waals surface area (Å²) in [4.78, 5) is 13.9. The van der Waals surface area contributed by atoms with E-state index >= 15 is 0 Å². The Hall–Kier alpha value is -2.10. The van der Waals surface area contributed by atoms with Crippen LogP contribution in [0.3, 0.4) is 0 Å². The number of halogens is 3. The summed E-state index contributed by atoms with van der Waals surface area (Å²) in [5.41, 5.74) is 1.91. The van der Waals surface area contributed by atoms with E-state index in [4.69, 9.17) is 33.1 Å². The Labute approximate surface area is 205 Å². The highest BCUT2D eigenvalue weighted by Gasteiger charge is 2.19. The van der Waals surface area contributed by atoms with Gasteiger partial charge in [-0.25, -0.2) is 13.6 Å². The van der Waals surface area contributed by atoms with Gasteiger partial charge >= 0.3 is 0 Å². The molecule has 3 rings (SSSR count). The number of sulfonamides is 1. The van der Waals surface area contributed by atoms with Gasteiger partial charge in [0.15, 0.2) is 0 Å². The van der Waals surface area contributed by atoms with Crippen LogP contribution in [0.4, 0.5) is 11.4 Å². The molecule has 0 heterocycles. The number of carbonyl (C=O) groups is 1. The molecular weight excluding hydrogens is 539 g/mol. The van der Waals surface area contributed by atoms with Crippen molar-refractivity contribution in [2.45, 2.75) is 25.2 Å². The van der Waals surface area contributed by atoms with Crippen molar-refractivity contribution in [2.24, 2.45) is 5.14 Å². The summed E-state index contributed by atoms with van der Waals surface area (Å²) < 4.78 is 29.8. The lowest BCUT2D eigenvalue weighted by Gasteiger charge is -2.23. The molecule has 0 spiro atoms. The predicted molar refractivity (Wildman–Crippen MR) is 131 cm³/mol. The van der Waals surface area contributed by atoms with Crippen molar-refractivity contribution >= 4 is 66.4 Å². The average Bonchev–Trinajstić information content (AvgIpc) is 2.71. The quantitative estimate of drug-likeness (QED) is 0.353. The van der Waals surface area contributed by atoms with Crippen LogP contribution in [0.5, 0.6) is 11.5 Å². The molecular formula is C22H19BrCl2N2O4S. The Kier molecular flexibility index (Phi) is 7.52. The van der Waals surface area contributed by atoms with Gasteiger partial charge in [-0.2, -0.15) is 0 Å². The number of nitrogens with zero attached hydrogens (tertiary/aromatic N) is 1. The van der Waals surface area contributed by atoms with E-state index in [0.717, 1.165) is 5.56 Å². The maximum Gasteiger partial charge on any atom is 0.238 e. The number of nitrogens with two attached hydrogens (primary N) is 1. The number of hydrogen-bond acceptors (Lipinski definition) is 4. The molecule has 0 radical (unpaired) electrons. The number of rotatable bonds is 6. The Morgan fingerprint density at radius 2 is 1.66 bits per heavy atom. The summed E-state index contributed by atoms with van der Waals surface area (Å²) in [5.74, 6) is 0.602. The molecule has 0 saturated heterocycles. The Bertz CT molecular complexity index is 1280. The van der Waals surface area contributed by atoms with Crippen LogP contribution in [0.2, 0.25) is 10.0 Å². The number of aryl methyl sites for hydroxylation is 1. The molecule has 0 saturated carbocycles. The Morgan fingerprint density at radius 3 is 2.22 bits per heavy atom. The molecule has 3 aromatic rings. The highest BCUT2D eigenvalue weighted by atomic mass is 79.9. The van der Waals surface area contributed by atoms with Gasteiger partial charge < -0.3 is 4.74 Å². The first-order valence-electron chi connectivity index (χ1n) is 9.40. The summed E-state index contributed by atoms with van der Waals surface area (Å²) >= 11 is 15.8. The number of amides is 1. The van der Waals surface area contributed by atoms with Gasteiger partial charge in [-0.3, -0.25) is 9.69 Å². The summed E-state index contributed by atoms with van der Waals surface area (Å²) in [7, 11) is -3.84. The third-order valence-electron chi connectivity index (χ3n) is 4.61. The van der Waals surface area contributed by atoms with Gasteiger partial charge in [-0.1, -0.05) is 36.2 Å². The Morgan fingerprint density at radius 1 is 1.03 bits per heavy atom. The van der Waals surface area contributed by atoms with Crippen LogP contribution in [-0.4, -0.2) is 14.3 Å². The van der Waals surface area contributed by atoms with Crippen molar-refractivity contribution in [2.75, 3.05) is 4.90 Å². The summed E-state index contributed by atoms with van der Waals surface area (Å²) in [5, 5.41) is 5.98. The molecule has 168 valence electrons. The zero-order valence-corrected chi connectivity index (χ0v) is 21.0. The number of anilines is 2. The Balaban J connectivity index is 2.06. The van der Waals surface area contributed by atoms with Gasteiger partial charge in [-0.05, 0) is 64.3 Å². The first kappa shape index (κ1) is 24.5. The van der Waals surface area contributed by atoms with Gasteiger partial charge in [0.05, 0.1) is 15.6 Å². The van der Waals surface area contributed by atoms with Crippen molar-refractivity contribution in [1.82, 2.24) is 0 Å². The average molecular weight is 558 g/mol. The highest BCUT2D eigenvalue weighted by Crippen LogP contribution is 2.40. The van der Waals surface area contributed by atoms with Gasteiger partial charge in [0.2, 0.25) is 15.9 Å². The molecule has 3 aromatic carbocycles. The number of benzene rings is 3. The van der Waals surface area contributed by atoms with E-state index in [0.29, 0.717) is 43.8 Å². The van der Waals surface area contributed by atoms with Crippen LogP contribution in [0.25, 0.3) is 0 Å². The van der Waals surface area contributed by atoms with Crippen molar-refractivity contribution in [3.63, 3.8) is 0 Å². The van der Waals surface area contributed by atoms with Gasteiger partial charge in [0.25, 0.3) is 0 Å². The van der Waals surface area contributed by atoms with Gasteiger partial charge in [0, 0.05) is 34.2 Å². The fourth-order valence-corrected chi connectivity index (χ4v) is 4.54. The van der Waals surface area contributed by atoms with Crippen LogP contribution in [0.1, 0.15) is 19.4 Å². The highest BCUT2D eigenvalue weighted by molar-refractivity contribution is 9.10. The predicted octanol–water partition coefficient (Wildman–Crippen LogP) is 6.44. The van der Waals surface area contributed by atoms with E-state index in [1.165, 1.54) is 36.1 Å². The lowest BCUT2D eigenvalue weighted by Crippen LogP contribution is -2.23. The maximum atomic E-state index is 12.5. The van der Waals surface area contributed by atoms with Crippen LogP contribution >= 0.6 is 39.1 Å². The van der Waals surface area contributed by atoms with E-state index in [-0.39, 0.29) is 10.8 Å². The number of hydrogen-bond donors (Lipinski definition) is 1. The zero-order valence-electron chi connectivity index (χ0n) is 17.1. The third-order valence-corrected chi connectivity index (χ3v) is 7.00. The van der Waals surface area contributed by atoms with Crippen molar-refractivity contribution in [3.05, 3.63) is 74.7 Å². The summed E-state index contributed by atoms with van der Waals surface area (Å²) in [6.45, 7) is 3.39. The van der Waals surface area contributed by atoms with Crippen LogP contribution in [-0.2, 0) is 21.2 Å². The fourth-order valence-electron chi connectivity index (χ4n) is 3.09. The maximum absolute atomic E-state index is 12.5. The first-order chi connectivity index (χ1) is 15.0. The van der Waals surface area contributed by atoms with Crippen LogP contribution in [0, 0.1) is 0 Å². The van der Waals surface area contributed by atoms with Crippen molar-refractivity contribution < 1.29 is 17.9 Å².